The quantitative estimate of drug-likeness (QED) is 0.272. The van der Waals surface area contributed by atoms with Crippen LogP contribution in [0.2, 0.25) is 0 Å². The van der Waals surface area contributed by atoms with Gasteiger partial charge in [0, 0.05) is 7.11 Å². The monoisotopic (exact) mass is 495 g/mol. The molecule has 8 nitrogen and oxygen atoms in total. The van der Waals surface area contributed by atoms with E-state index >= 15 is 0 Å². The lowest BCUT2D eigenvalue weighted by Gasteiger charge is -2.33. The van der Waals surface area contributed by atoms with Crippen molar-refractivity contribution >= 4 is 18.3 Å². The largest absolute Gasteiger partial charge is 0.458 e. The number of methoxy groups -OCH3 is 1. The molecule has 2 rings (SSSR count). The second kappa shape index (κ2) is 13.5. The Balaban J connectivity index is 2.28. The molecule has 0 saturated carbocycles. The van der Waals surface area contributed by atoms with Crippen LogP contribution < -0.4 is 0 Å². The molecule has 1 amide bonds. The van der Waals surface area contributed by atoms with E-state index in [1.807, 2.05) is 6.92 Å². The topological polar surface area (TPSA) is 91.4 Å². The van der Waals surface area contributed by atoms with Gasteiger partial charge in [-0.25, -0.2) is 14.0 Å². The number of carbonyl (C=O) groups excluding carboxylic acids is 3. The lowest BCUT2D eigenvalue weighted by Crippen LogP contribution is -2.50. The third kappa shape index (κ3) is 8.58. The summed E-state index contributed by atoms with van der Waals surface area (Å²) in [5, 5.41) is 0. The third-order valence-corrected chi connectivity index (χ3v) is 6.42. The van der Waals surface area contributed by atoms with Crippen molar-refractivity contribution in [3.63, 3.8) is 0 Å². The fraction of sp³-hybridized carbons (Fsp3) is 0.654. The molecular formula is C26H38FNO7. The van der Waals surface area contributed by atoms with Crippen molar-refractivity contribution in [3.05, 3.63) is 35.6 Å². The third-order valence-electron chi connectivity index (χ3n) is 6.42. The Morgan fingerprint density at radius 2 is 1.94 bits per heavy atom. The average Bonchev–Trinajstić information content (AvgIpc) is 2.86. The molecule has 196 valence electrons. The number of rotatable bonds is 10. The van der Waals surface area contributed by atoms with Crippen LogP contribution in [0.5, 0.6) is 0 Å². The molecule has 9 heteroatoms. The van der Waals surface area contributed by atoms with Gasteiger partial charge in [0.25, 0.3) is 0 Å². The molecule has 1 fully saturated rings. The van der Waals surface area contributed by atoms with Gasteiger partial charge >= 0.3 is 12.1 Å². The molecule has 1 heterocycles. The summed E-state index contributed by atoms with van der Waals surface area (Å²) in [5.41, 5.74) is 0.212. The number of nitrogens with zero attached hydrogens (tertiary/aromatic N) is 1. The summed E-state index contributed by atoms with van der Waals surface area (Å²) in [6, 6.07) is 5.33. The van der Waals surface area contributed by atoms with E-state index in [0.29, 0.717) is 38.4 Å². The van der Waals surface area contributed by atoms with Crippen molar-refractivity contribution < 1.29 is 37.7 Å². The molecule has 0 aliphatic carbocycles. The average molecular weight is 496 g/mol. The fourth-order valence-electron chi connectivity index (χ4n) is 4.19. The SMILES string of the molecule is CCC(C)(C)OC(=O)N(COC)[C@H]1CCC[C@H](Cc2ccc(F)cc2)[C@@H](OCC=O)[C@H](C)OC1=O. The lowest BCUT2D eigenvalue weighted by atomic mass is 9.86. The van der Waals surface area contributed by atoms with E-state index in [1.165, 1.54) is 24.1 Å². The molecule has 0 N–H and O–H groups in total. The smallest absolute Gasteiger partial charge is 0.412 e. The first kappa shape index (κ1) is 28.7. The van der Waals surface area contributed by atoms with Gasteiger partial charge in [-0.05, 0) is 70.1 Å². The number of benzene rings is 1. The number of esters is 1. The predicted molar refractivity (Wildman–Crippen MR) is 127 cm³/mol. The van der Waals surface area contributed by atoms with Crippen LogP contribution in [0.15, 0.2) is 24.3 Å². The first-order valence-corrected chi connectivity index (χ1v) is 12.1. The number of hydrogen-bond acceptors (Lipinski definition) is 7. The summed E-state index contributed by atoms with van der Waals surface area (Å²) < 4.78 is 35.8. The van der Waals surface area contributed by atoms with Gasteiger partial charge in [0.2, 0.25) is 0 Å². The van der Waals surface area contributed by atoms with E-state index in [1.54, 1.807) is 32.9 Å². The molecule has 0 unspecified atom stereocenters. The molecule has 0 aromatic heterocycles. The molecule has 1 aromatic rings. The van der Waals surface area contributed by atoms with Crippen LogP contribution in [0, 0.1) is 11.7 Å². The molecule has 4 atom stereocenters. The van der Waals surface area contributed by atoms with E-state index in [0.717, 1.165) is 5.56 Å². The summed E-state index contributed by atoms with van der Waals surface area (Å²) in [6.07, 6.45) is 1.53. The minimum Gasteiger partial charge on any atom is -0.458 e. The van der Waals surface area contributed by atoms with Gasteiger partial charge in [0.1, 0.15) is 43.2 Å². The molecule has 0 radical (unpaired) electrons. The number of cyclic esters (lactones) is 1. The Morgan fingerprint density at radius 3 is 2.54 bits per heavy atom. The van der Waals surface area contributed by atoms with Gasteiger partial charge < -0.3 is 23.7 Å². The lowest BCUT2D eigenvalue weighted by molar-refractivity contribution is -0.166. The van der Waals surface area contributed by atoms with E-state index < -0.39 is 35.9 Å². The van der Waals surface area contributed by atoms with Crippen LogP contribution in [-0.4, -0.2) is 67.5 Å². The number of amides is 1. The zero-order valence-electron chi connectivity index (χ0n) is 21.3. The highest BCUT2D eigenvalue weighted by molar-refractivity contribution is 5.81. The summed E-state index contributed by atoms with van der Waals surface area (Å²) >= 11 is 0. The maximum absolute atomic E-state index is 13.4. The highest BCUT2D eigenvalue weighted by Gasteiger charge is 2.39. The van der Waals surface area contributed by atoms with Crippen molar-refractivity contribution in [3.8, 4) is 0 Å². The molecule has 1 aliphatic heterocycles. The Morgan fingerprint density at radius 1 is 1.26 bits per heavy atom. The molecule has 1 aromatic carbocycles. The number of hydrogen-bond donors (Lipinski definition) is 0. The molecule has 0 spiro atoms. The Kier molecular flexibility index (Phi) is 11.1. The summed E-state index contributed by atoms with van der Waals surface area (Å²) in [5.74, 6) is -0.995. The van der Waals surface area contributed by atoms with Crippen LogP contribution in [0.25, 0.3) is 0 Å². The number of halogens is 1. The summed E-state index contributed by atoms with van der Waals surface area (Å²) in [4.78, 5) is 38.5. The normalized spacial score (nSPS) is 23.4. The number of aldehydes is 1. The van der Waals surface area contributed by atoms with E-state index in [-0.39, 0.29) is 25.1 Å². The fourth-order valence-corrected chi connectivity index (χ4v) is 4.19. The highest BCUT2D eigenvalue weighted by atomic mass is 19.1. The van der Waals surface area contributed by atoms with Crippen LogP contribution >= 0.6 is 0 Å². The number of ether oxygens (including phenoxy) is 4. The van der Waals surface area contributed by atoms with Crippen molar-refractivity contribution in [2.75, 3.05) is 20.4 Å². The van der Waals surface area contributed by atoms with Gasteiger partial charge in [-0.3, -0.25) is 4.90 Å². The molecule has 1 aliphatic rings. The zero-order chi connectivity index (χ0) is 26.0. The second-order valence-electron chi connectivity index (χ2n) is 9.51. The van der Waals surface area contributed by atoms with E-state index in [9.17, 15) is 18.8 Å². The Labute approximate surface area is 207 Å². The summed E-state index contributed by atoms with van der Waals surface area (Å²) in [6.45, 7) is 6.96. The zero-order valence-corrected chi connectivity index (χ0v) is 21.3. The van der Waals surface area contributed by atoms with Crippen molar-refractivity contribution in [2.24, 2.45) is 5.92 Å². The highest BCUT2D eigenvalue weighted by Crippen LogP contribution is 2.29. The maximum Gasteiger partial charge on any atom is 0.412 e. The van der Waals surface area contributed by atoms with Gasteiger partial charge in [0.05, 0.1) is 6.10 Å². The first-order chi connectivity index (χ1) is 16.6. The maximum atomic E-state index is 13.4. The van der Waals surface area contributed by atoms with E-state index in [4.69, 9.17) is 18.9 Å². The molecular weight excluding hydrogens is 457 g/mol. The first-order valence-electron chi connectivity index (χ1n) is 12.1. The van der Waals surface area contributed by atoms with Gasteiger partial charge in [-0.15, -0.1) is 0 Å². The predicted octanol–water partition coefficient (Wildman–Crippen LogP) is 4.28. The van der Waals surface area contributed by atoms with Crippen molar-refractivity contribution in [1.29, 1.82) is 0 Å². The van der Waals surface area contributed by atoms with Crippen LogP contribution in [-0.2, 0) is 35.0 Å². The minimum absolute atomic E-state index is 0.0937. The standard InChI is InChI=1S/C26H38FNO7/c1-6-26(3,4)35-25(31)28(17-32-5)22-9-7-8-20(16-19-10-12-21(27)13-11-19)23(33-15-14-29)18(2)34-24(22)30/h10-14,18,20,22-23H,6-9,15-17H2,1-5H3/t18-,20+,22-,23-/m0/s1. The Hall–Kier alpha value is -2.52. The van der Waals surface area contributed by atoms with Gasteiger partial charge in [-0.2, -0.15) is 0 Å². The molecule has 1 saturated heterocycles. The summed E-state index contributed by atoms with van der Waals surface area (Å²) in [7, 11) is 1.44. The van der Waals surface area contributed by atoms with E-state index in [2.05, 4.69) is 0 Å². The molecule has 0 bridgehead atoms. The van der Waals surface area contributed by atoms with Gasteiger partial charge in [-0.1, -0.05) is 25.5 Å². The minimum atomic E-state index is -0.895. The van der Waals surface area contributed by atoms with Crippen LogP contribution in [0.1, 0.15) is 58.9 Å². The Bertz CT molecular complexity index is 829. The molecule has 35 heavy (non-hydrogen) atoms. The van der Waals surface area contributed by atoms with Crippen LogP contribution in [0.3, 0.4) is 0 Å². The van der Waals surface area contributed by atoms with Crippen LogP contribution in [0.4, 0.5) is 9.18 Å². The van der Waals surface area contributed by atoms with Crippen molar-refractivity contribution in [1.82, 2.24) is 4.90 Å². The second-order valence-corrected chi connectivity index (χ2v) is 9.51. The van der Waals surface area contributed by atoms with Crippen molar-refractivity contribution in [2.45, 2.75) is 83.6 Å². The van der Waals surface area contributed by atoms with Gasteiger partial charge in [0.15, 0.2) is 0 Å². The number of carbonyl (C=O) groups is 3.